The summed E-state index contributed by atoms with van der Waals surface area (Å²) in [4.78, 5) is 7.74. The molecule has 0 aliphatic carbocycles. The number of nitrogens with zero attached hydrogens (tertiary/aromatic N) is 2. The van der Waals surface area contributed by atoms with Gasteiger partial charge in [0, 0.05) is 12.6 Å². The van der Waals surface area contributed by atoms with Crippen LogP contribution in [0.25, 0.3) is 0 Å². The Kier molecular flexibility index (Phi) is 3.47. The van der Waals surface area contributed by atoms with Crippen molar-refractivity contribution in [2.45, 2.75) is 13.0 Å². The predicted molar refractivity (Wildman–Crippen MR) is 53.2 cm³/mol. The molecular formula is C8H14N4O2. The molecule has 0 saturated heterocycles. The number of rotatable bonds is 4. The second kappa shape index (κ2) is 4.61. The Morgan fingerprint density at radius 1 is 1.64 bits per heavy atom. The van der Waals surface area contributed by atoms with E-state index in [4.69, 9.17) is 15.6 Å². The lowest BCUT2D eigenvalue weighted by atomic mass is 10.4. The summed E-state index contributed by atoms with van der Waals surface area (Å²) in [5.41, 5.74) is 5.44. The van der Waals surface area contributed by atoms with Crippen LogP contribution in [0, 0.1) is 0 Å². The Balaban J connectivity index is 2.71. The molecule has 0 radical (unpaired) electrons. The summed E-state index contributed by atoms with van der Waals surface area (Å²) in [6.45, 7) is 2.08. The second-order valence-corrected chi connectivity index (χ2v) is 2.88. The van der Waals surface area contributed by atoms with Gasteiger partial charge in [0.2, 0.25) is 11.8 Å². The van der Waals surface area contributed by atoms with E-state index in [2.05, 4.69) is 15.3 Å². The SMILES string of the molecule is COc1cc(NCC(C)O)nc(N)n1. The number of anilines is 2. The van der Waals surface area contributed by atoms with E-state index in [-0.39, 0.29) is 5.95 Å². The van der Waals surface area contributed by atoms with Crippen molar-refractivity contribution in [2.75, 3.05) is 24.7 Å². The molecule has 0 aromatic carbocycles. The fourth-order valence-corrected chi connectivity index (χ4v) is 0.890. The van der Waals surface area contributed by atoms with Crippen molar-refractivity contribution < 1.29 is 9.84 Å². The molecule has 1 rings (SSSR count). The minimum Gasteiger partial charge on any atom is -0.481 e. The Labute approximate surface area is 82.1 Å². The summed E-state index contributed by atoms with van der Waals surface area (Å²) in [5.74, 6) is 1.07. The first kappa shape index (κ1) is 10.5. The fourth-order valence-electron chi connectivity index (χ4n) is 0.890. The number of methoxy groups -OCH3 is 1. The highest BCUT2D eigenvalue weighted by atomic mass is 16.5. The van der Waals surface area contributed by atoms with Crippen LogP contribution in [-0.2, 0) is 0 Å². The van der Waals surface area contributed by atoms with Gasteiger partial charge < -0.3 is 20.9 Å². The molecule has 1 unspecified atom stereocenters. The highest BCUT2D eigenvalue weighted by Gasteiger charge is 2.02. The number of nitrogens with two attached hydrogens (primary N) is 1. The number of hydrogen-bond donors (Lipinski definition) is 3. The van der Waals surface area contributed by atoms with Gasteiger partial charge in [-0.15, -0.1) is 0 Å². The number of aromatic nitrogens is 2. The molecule has 0 saturated carbocycles. The molecule has 0 bridgehead atoms. The zero-order valence-corrected chi connectivity index (χ0v) is 8.19. The maximum absolute atomic E-state index is 9.04. The summed E-state index contributed by atoms with van der Waals surface area (Å²) in [7, 11) is 1.50. The molecule has 0 aliphatic heterocycles. The van der Waals surface area contributed by atoms with Crippen LogP contribution in [0.3, 0.4) is 0 Å². The summed E-state index contributed by atoms with van der Waals surface area (Å²) in [6, 6.07) is 1.61. The number of hydrogen-bond acceptors (Lipinski definition) is 6. The minimum atomic E-state index is -0.447. The summed E-state index contributed by atoms with van der Waals surface area (Å²) < 4.78 is 4.91. The second-order valence-electron chi connectivity index (χ2n) is 2.88. The Morgan fingerprint density at radius 2 is 2.36 bits per heavy atom. The smallest absolute Gasteiger partial charge is 0.225 e. The first-order valence-corrected chi connectivity index (χ1v) is 4.22. The summed E-state index contributed by atoms with van der Waals surface area (Å²) in [5, 5.41) is 11.9. The molecule has 1 aromatic heterocycles. The van der Waals surface area contributed by atoms with Gasteiger partial charge in [0.15, 0.2) is 0 Å². The van der Waals surface area contributed by atoms with Gasteiger partial charge in [0.05, 0.1) is 13.2 Å². The Hall–Kier alpha value is -1.56. The number of aliphatic hydroxyl groups excluding tert-OH is 1. The highest BCUT2D eigenvalue weighted by molar-refractivity contribution is 5.42. The molecule has 0 aliphatic rings. The summed E-state index contributed by atoms with van der Waals surface area (Å²) in [6.07, 6.45) is -0.447. The molecule has 14 heavy (non-hydrogen) atoms. The summed E-state index contributed by atoms with van der Waals surface area (Å²) >= 11 is 0. The highest BCUT2D eigenvalue weighted by Crippen LogP contribution is 2.13. The molecular weight excluding hydrogens is 184 g/mol. The number of ether oxygens (including phenoxy) is 1. The van der Waals surface area contributed by atoms with Crippen LogP contribution in [0.15, 0.2) is 6.07 Å². The van der Waals surface area contributed by atoms with Gasteiger partial charge in [0.1, 0.15) is 5.82 Å². The van der Waals surface area contributed by atoms with E-state index in [0.29, 0.717) is 18.2 Å². The average molecular weight is 198 g/mol. The third-order valence-electron chi connectivity index (χ3n) is 1.51. The molecule has 0 fully saturated rings. The topological polar surface area (TPSA) is 93.3 Å². The molecule has 0 spiro atoms. The van der Waals surface area contributed by atoms with Crippen LogP contribution in [0.4, 0.5) is 11.8 Å². The van der Waals surface area contributed by atoms with Gasteiger partial charge in [0.25, 0.3) is 0 Å². The minimum absolute atomic E-state index is 0.137. The van der Waals surface area contributed by atoms with Crippen molar-refractivity contribution in [2.24, 2.45) is 0 Å². The van der Waals surface area contributed by atoms with Crippen LogP contribution in [0.2, 0.25) is 0 Å². The molecule has 6 nitrogen and oxygen atoms in total. The van der Waals surface area contributed by atoms with E-state index < -0.39 is 6.10 Å². The fraction of sp³-hybridized carbons (Fsp3) is 0.500. The van der Waals surface area contributed by atoms with Gasteiger partial charge in [-0.2, -0.15) is 9.97 Å². The van der Waals surface area contributed by atoms with Crippen LogP contribution in [0.5, 0.6) is 5.88 Å². The number of nitrogens with one attached hydrogen (secondary N) is 1. The van der Waals surface area contributed by atoms with Gasteiger partial charge in [-0.3, -0.25) is 0 Å². The van der Waals surface area contributed by atoms with Crippen LogP contribution < -0.4 is 15.8 Å². The van der Waals surface area contributed by atoms with E-state index in [1.807, 2.05) is 0 Å². The van der Waals surface area contributed by atoms with E-state index in [1.165, 1.54) is 7.11 Å². The van der Waals surface area contributed by atoms with Crippen molar-refractivity contribution in [3.63, 3.8) is 0 Å². The van der Waals surface area contributed by atoms with Gasteiger partial charge in [-0.05, 0) is 6.92 Å². The van der Waals surface area contributed by atoms with Crippen molar-refractivity contribution >= 4 is 11.8 Å². The predicted octanol–water partition coefficient (Wildman–Crippen LogP) is -0.140. The lowest BCUT2D eigenvalue weighted by Gasteiger charge is -2.08. The number of aliphatic hydroxyl groups is 1. The van der Waals surface area contributed by atoms with Gasteiger partial charge in [-0.25, -0.2) is 0 Å². The van der Waals surface area contributed by atoms with E-state index >= 15 is 0 Å². The van der Waals surface area contributed by atoms with Crippen molar-refractivity contribution in [1.29, 1.82) is 0 Å². The molecule has 1 atom stereocenters. The van der Waals surface area contributed by atoms with E-state index in [9.17, 15) is 0 Å². The third-order valence-corrected chi connectivity index (χ3v) is 1.51. The van der Waals surface area contributed by atoms with Crippen LogP contribution in [-0.4, -0.2) is 34.8 Å². The van der Waals surface area contributed by atoms with Crippen molar-refractivity contribution in [3.05, 3.63) is 6.07 Å². The third kappa shape index (κ3) is 3.06. The largest absolute Gasteiger partial charge is 0.481 e. The maximum atomic E-state index is 9.04. The number of nitrogen functional groups attached to an aromatic ring is 1. The van der Waals surface area contributed by atoms with Crippen LogP contribution >= 0.6 is 0 Å². The first-order valence-electron chi connectivity index (χ1n) is 4.22. The van der Waals surface area contributed by atoms with E-state index in [0.717, 1.165) is 0 Å². The van der Waals surface area contributed by atoms with Crippen molar-refractivity contribution in [1.82, 2.24) is 9.97 Å². The zero-order chi connectivity index (χ0) is 10.6. The van der Waals surface area contributed by atoms with Crippen LogP contribution in [0.1, 0.15) is 6.92 Å². The molecule has 78 valence electrons. The molecule has 6 heteroatoms. The van der Waals surface area contributed by atoms with E-state index in [1.54, 1.807) is 13.0 Å². The standard InChI is InChI=1S/C8H14N4O2/c1-5(13)4-10-6-3-7(14-2)12-8(9)11-6/h3,5,13H,4H2,1-2H3,(H3,9,10,11,12). The first-order chi connectivity index (χ1) is 6.61. The lowest BCUT2D eigenvalue weighted by Crippen LogP contribution is -2.16. The van der Waals surface area contributed by atoms with Gasteiger partial charge >= 0.3 is 0 Å². The lowest BCUT2D eigenvalue weighted by molar-refractivity contribution is 0.208. The normalized spacial score (nSPS) is 12.2. The molecule has 1 aromatic rings. The maximum Gasteiger partial charge on any atom is 0.225 e. The quantitative estimate of drug-likeness (QED) is 0.623. The molecule has 4 N–H and O–H groups in total. The molecule has 1 heterocycles. The Bertz CT molecular complexity index is 303. The molecule has 0 amide bonds. The monoisotopic (exact) mass is 198 g/mol. The Morgan fingerprint density at radius 3 is 2.93 bits per heavy atom. The van der Waals surface area contributed by atoms with Gasteiger partial charge in [-0.1, -0.05) is 0 Å². The zero-order valence-electron chi connectivity index (χ0n) is 8.19. The average Bonchev–Trinajstić information content (AvgIpc) is 2.14. The van der Waals surface area contributed by atoms with Crippen molar-refractivity contribution in [3.8, 4) is 5.88 Å².